The van der Waals surface area contributed by atoms with Crippen LogP contribution in [-0.4, -0.2) is 64.9 Å². The number of nitrogens with one attached hydrogen (secondary N) is 2. The number of benzene rings is 1. The first kappa shape index (κ1) is 23.8. The highest BCUT2D eigenvalue weighted by Crippen LogP contribution is 2.32. The van der Waals surface area contributed by atoms with Gasteiger partial charge >= 0.3 is 0 Å². The van der Waals surface area contributed by atoms with Crippen molar-refractivity contribution in [3.8, 4) is 11.5 Å². The Morgan fingerprint density at radius 2 is 1.56 bits per heavy atom. The second-order valence-electron chi connectivity index (χ2n) is 8.35. The number of nitrogens with zero attached hydrogens (tertiary/aromatic N) is 5. The minimum atomic E-state index is 0.271. The Bertz CT molecular complexity index is 863. The number of anilines is 3. The van der Waals surface area contributed by atoms with E-state index in [-0.39, 0.29) is 6.79 Å². The van der Waals surface area contributed by atoms with Crippen LogP contribution in [0.15, 0.2) is 18.2 Å². The van der Waals surface area contributed by atoms with Gasteiger partial charge in [-0.2, -0.15) is 15.0 Å². The van der Waals surface area contributed by atoms with Crippen LogP contribution >= 0.6 is 0 Å². The van der Waals surface area contributed by atoms with E-state index in [1.54, 1.807) is 0 Å². The molecule has 0 amide bonds. The minimum absolute atomic E-state index is 0.271. The molecule has 0 bridgehead atoms. The third-order valence-electron chi connectivity index (χ3n) is 5.54. The highest BCUT2D eigenvalue weighted by molar-refractivity contribution is 5.47. The Hall–Kier alpha value is -2.81. The first-order valence-electron chi connectivity index (χ1n) is 11.5. The zero-order valence-electron chi connectivity index (χ0n) is 20.2. The third kappa shape index (κ3) is 6.12. The number of hydrogen-bond donors (Lipinski definition) is 2. The lowest BCUT2D eigenvalue weighted by atomic mass is 10.2. The summed E-state index contributed by atoms with van der Waals surface area (Å²) in [6.07, 6.45) is 0. The fraction of sp³-hybridized carbons (Fsp3) is 0.609. The zero-order valence-corrected chi connectivity index (χ0v) is 20.2. The molecule has 9 nitrogen and oxygen atoms in total. The fourth-order valence-electron chi connectivity index (χ4n) is 3.81. The van der Waals surface area contributed by atoms with E-state index in [2.05, 4.69) is 76.9 Å². The second kappa shape index (κ2) is 11.2. The summed E-state index contributed by atoms with van der Waals surface area (Å²) in [6, 6.07) is 6.89. The normalized spacial score (nSPS) is 12.7. The summed E-state index contributed by atoms with van der Waals surface area (Å²) in [6.45, 7) is 17.3. The summed E-state index contributed by atoms with van der Waals surface area (Å²) < 4.78 is 10.9. The molecule has 9 heteroatoms. The Balaban J connectivity index is 1.71. The predicted octanol–water partition coefficient (Wildman–Crippen LogP) is 3.59. The lowest BCUT2D eigenvalue weighted by Crippen LogP contribution is -2.40. The molecule has 1 aliphatic rings. The van der Waals surface area contributed by atoms with E-state index in [9.17, 15) is 0 Å². The number of hydrogen-bond acceptors (Lipinski definition) is 9. The van der Waals surface area contributed by atoms with Gasteiger partial charge in [0.05, 0.1) is 0 Å². The maximum Gasteiger partial charge on any atom is 0.231 e. The van der Waals surface area contributed by atoms with Crippen molar-refractivity contribution < 1.29 is 9.47 Å². The van der Waals surface area contributed by atoms with Crippen molar-refractivity contribution in [1.29, 1.82) is 0 Å². The van der Waals surface area contributed by atoms with E-state index >= 15 is 0 Å². The van der Waals surface area contributed by atoms with Gasteiger partial charge < -0.3 is 25.0 Å². The summed E-state index contributed by atoms with van der Waals surface area (Å²) in [5.74, 6) is 3.35. The lowest BCUT2D eigenvalue weighted by molar-refractivity contribution is 0.174. The molecule has 3 rings (SSSR count). The number of fused-ring (bicyclic) bond motifs is 1. The summed E-state index contributed by atoms with van der Waals surface area (Å²) in [5.41, 5.74) is 1.07. The molecule has 2 aromatic rings. The van der Waals surface area contributed by atoms with E-state index in [0.717, 1.165) is 43.2 Å². The molecule has 1 aromatic carbocycles. The van der Waals surface area contributed by atoms with Crippen molar-refractivity contribution >= 4 is 17.8 Å². The van der Waals surface area contributed by atoms with Gasteiger partial charge in [0.15, 0.2) is 11.5 Å². The molecule has 0 atom stereocenters. The summed E-state index contributed by atoms with van der Waals surface area (Å²) in [5, 5.41) is 6.73. The average Bonchev–Trinajstić information content (AvgIpc) is 3.23. The Morgan fingerprint density at radius 1 is 0.906 bits per heavy atom. The topological polar surface area (TPSA) is 87.7 Å². The molecule has 0 aliphatic carbocycles. The van der Waals surface area contributed by atoms with Gasteiger partial charge in [0.25, 0.3) is 0 Å². The molecular weight excluding hydrogens is 406 g/mol. The monoisotopic (exact) mass is 443 g/mol. The minimum Gasteiger partial charge on any atom is -0.454 e. The van der Waals surface area contributed by atoms with Gasteiger partial charge in [-0.25, -0.2) is 0 Å². The highest BCUT2D eigenvalue weighted by atomic mass is 16.7. The molecule has 2 N–H and O–H groups in total. The van der Waals surface area contributed by atoms with Crippen LogP contribution in [0.2, 0.25) is 0 Å². The first-order chi connectivity index (χ1) is 15.4. The summed E-state index contributed by atoms with van der Waals surface area (Å²) >= 11 is 0. The van der Waals surface area contributed by atoms with Crippen molar-refractivity contribution in [2.24, 2.45) is 0 Å². The van der Waals surface area contributed by atoms with Crippen molar-refractivity contribution in [2.45, 2.75) is 60.2 Å². The van der Waals surface area contributed by atoms with Crippen LogP contribution in [0.3, 0.4) is 0 Å². The van der Waals surface area contributed by atoms with Gasteiger partial charge in [-0.05, 0) is 59.2 Å². The molecule has 2 heterocycles. The first-order valence-corrected chi connectivity index (χ1v) is 11.5. The lowest BCUT2D eigenvalue weighted by Gasteiger charge is -2.30. The molecule has 0 fully saturated rings. The second-order valence-corrected chi connectivity index (χ2v) is 8.35. The average molecular weight is 444 g/mol. The number of rotatable bonds is 12. The number of ether oxygens (including phenoxy) is 2. The number of aromatic nitrogens is 3. The molecule has 1 aliphatic heterocycles. The maximum absolute atomic E-state index is 5.48. The van der Waals surface area contributed by atoms with Crippen LogP contribution < -0.4 is 25.0 Å². The van der Waals surface area contributed by atoms with Crippen LogP contribution in [0.25, 0.3) is 0 Å². The van der Waals surface area contributed by atoms with Gasteiger partial charge in [-0.15, -0.1) is 0 Å². The molecule has 0 saturated carbocycles. The van der Waals surface area contributed by atoms with Crippen LogP contribution in [0.4, 0.5) is 17.8 Å². The van der Waals surface area contributed by atoms with Crippen LogP contribution in [0.5, 0.6) is 11.5 Å². The molecule has 0 unspecified atom stereocenters. The van der Waals surface area contributed by atoms with Gasteiger partial charge in [0.2, 0.25) is 24.6 Å². The predicted molar refractivity (Wildman–Crippen MR) is 129 cm³/mol. The van der Waals surface area contributed by atoms with E-state index in [1.807, 2.05) is 18.2 Å². The maximum atomic E-state index is 5.48. The van der Waals surface area contributed by atoms with Crippen molar-refractivity contribution in [3.05, 3.63) is 23.8 Å². The molecule has 0 radical (unpaired) electrons. The smallest absolute Gasteiger partial charge is 0.231 e. The van der Waals surface area contributed by atoms with Crippen molar-refractivity contribution in [3.63, 3.8) is 0 Å². The largest absolute Gasteiger partial charge is 0.454 e. The summed E-state index contributed by atoms with van der Waals surface area (Å²) in [7, 11) is 0. The van der Waals surface area contributed by atoms with E-state index in [1.165, 1.54) is 0 Å². The molecule has 176 valence electrons. The molecule has 0 spiro atoms. The molecule has 32 heavy (non-hydrogen) atoms. The van der Waals surface area contributed by atoms with Gasteiger partial charge in [0, 0.05) is 44.8 Å². The van der Waals surface area contributed by atoms with E-state index in [4.69, 9.17) is 9.47 Å². The van der Waals surface area contributed by atoms with Gasteiger partial charge in [-0.1, -0.05) is 6.07 Å². The van der Waals surface area contributed by atoms with Crippen molar-refractivity contribution in [1.82, 2.24) is 19.9 Å². The van der Waals surface area contributed by atoms with E-state index < -0.39 is 0 Å². The fourth-order valence-corrected chi connectivity index (χ4v) is 3.81. The Labute approximate surface area is 191 Å². The standard InChI is InChI=1S/C23H37N7O2/c1-7-29(8-2)23-27-21(24-11-12-30(16(3)4)17(5)6)26-22(28-23)25-14-18-9-10-19-20(13-18)32-15-31-19/h9-10,13,16-17H,7-8,11-12,14-15H2,1-6H3,(H2,24,25,26,27,28). The Kier molecular flexibility index (Phi) is 8.33. The third-order valence-corrected chi connectivity index (χ3v) is 5.54. The van der Waals surface area contributed by atoms with Crippen LogP contribution in [0.1, 0.15) is 47.1 Å². The Morgan fingerprint density at radius 3 is 2.22 bits per heavy atom. The highest BCUT2D eigenvalue weighted by Gasteiger charge is 2.16. The van der Waals surface area contributed by atoms with Gasteiger partial charge in [-0.3, -0.25) is 4.90 Å². The van der Waals surface area contributed by atoms with Gasteiger partial charge in [0.1, 0.15) is 0 Å². The SMILES string of the molecule is CCN(CC)c1nc(NCCN(C(C)C)C(C)C)nc(NCc2ccc3c(c2)OCO3)n1. The molecular formula is C23H37N7O2. The van der Waals surface area contributed by atoms with Crippen molar-refractivity contribution in [2.75, 3.05) is 48.5 Å². The summed E-state index contributed by atoms with van der Waals surface area (Å²) in [4.78, 5) is 18.5. The quantitative estimate of drug-likeness (QED) is 0.511. The van der Waals surface area contributed by atoms with Crippen LogP contribution in [-0.2, 0) is 6.54 Å². The van der Waals surface area contributed by atoms with E-state index in [0.29, 0.717) is 36.5 Å². The zero-order chi connectivity index (χ0) is 23.1. The molecule has 0 saturated heterocycles. The van der Waals surface area contributed by atoms with Crippen LogP contribution in [0, 0.1) is 0 Å². The molecule has 1 aromatic heterocycles.